The molecule has 33 heavy (non-hydrogen) atoms. The summed E-state index contributed by atoms with van der Waals surface area (Å²) in [6, 6.07) is 11.4. The van der Waals surface area contributed by atoms with Gasteiger partial charge in [0.1, 0.15) is 12.4 Å². The van der Waals surface area contributed by atoms with Crippen molar-refractivity contribution in [2.24, 2.45) is 11.8 Å². The van der Waals surface area contributed by atoms with Crippen LogP contribution in [0.4, 0.5) is 10.5 Å². The molecule has 176 valence electrons. The van der Waals surface area contributed by atoms with Crippen molar-refractivity contribution in [3.63, 3.8) is 0 Å². The SMILES string of the molecule is CC(C)C(C)C(=O)N[C@@H](C)C(=O)Cc1ccc(COC(=O)Oc2ccc([N+](=O)[O-])cc2)cc1. The number of carbonyl (C=O) groups excluding carboxylic acids is 3. The number of hydrogen-bond donors (Lipinski definition) is 1. The first-order valence-corrected chi connectivity index (χ1v) is 10.6. The van der Waals surface area contributed by atoms with Gasteiger partial charge in [-0.05, 0) is 36.1 Å². The van der Waals surface area contributed by atoms with E-state index in [2.05, 4.69) is 5.32 Å². The molecule has 2 rings (SSSR count). The lowest BCUT2D eigenvalue weighted by Crippen LogP contribution is -2.42. The molecule has 0 saturated carbocycles. The van der Waals surface area contributed by atoms with Crippen LogP contribution in [0.15, 0.2) is 48.5 Å². The molecule has 2 aromatic rings. The van der Waals surface area contributed by atoms with E-state index in [9.17, 15) is 24.5 Å². The minimum Gasteiger partial charge on any atom is -0.429 e. The summed E-state index contributed by atoms with van der Waals surface area (Å²) in [6.45, 7) is 7.38. The first kappa shape index (κ1) is 25.5. The minimum atomic E-state index is -0.941. The van der Waals surface area contributed by atoms with E-state index in [-0.39, 0.29) is 48.0 Å². The average Bonchev–Trinajstić information content (AvgIpc) is 2.78. The van der Waals surface area contributed by atoms with Crippen LogP contribution in [0.1, 0.15) is 38.8 Å². The Bertz CT molecular complexity index is 985. The Hall–Kier alpha value is -3.75. The number of nitro groups is 1. The first-order valence-electron chi connectivity index (χ1n) is 10.6. The van der Waals surface area contributed by atoms with Crippen LogP contribution in [0.25, 0.3) is 0 Å². The smallest absolute Gasteiger partial charge is 0.429 e. The highest BCUT2D eigenvalue weighted by Gasteiger charge is 2.21. The third-order valence-corrected chi connectivity index (χ3v) is 5.26. The summed E-state index contributed by atoms with van der Waals surface area (Å²) in [5.74, 6) is -0.0995. The maximum absolute atomic E-state index is 12.4. The molecule has 0 fully saturated rings. The zero-order valence-corrected chi connectivity index (χ0v) is 19.1. The van der Waals surface area contributed by atoms with Crippen LogP contribution in [0.2, 0.25) is 0 Å². The number of rotatable bonds is 10. The summed E-state index contributed by atoms with van der Waals surface area (Å²) in [5.41, 5.74) is 1.35. The van der Waals surface area contributed by atoms with Gasteiger partial charge in [-0.3, -0.25) is 19.7 Å². The molecule has 0 bridgehead atoms. The number of nitro benzene ring substituents is 1. The highest BCUT2D eigenvalue weighted by atomic mass is 16.7. The van der Waals surface area contributed by atoms with Crippen LogP contribution in [-0.2, 0) is 27.4 Å². The van der Waals surface area contributed by atoms with Crippen LogP contribution >= 0.6 is 0 Å². The fourth-order valence-electron chi connectivity index (χ4n) is 2.74. The quantitative estimate of drug-likeness (QED) is 0.246. The van der Waals surface area contributed by atoms with Gasteiger partial charge in [0.05, 0.1) is 11.0 Å². The lowest BCUT2D eigenvalue weighted by Gasteiger charge is -2.19. The second kappa shape index (κ2) is 11.8. The van der Waals surface area contributed by atoms with E-state index in [0.717, 1.165) is 5.56 Å². The standard InChI is InChI=1S/C24H28N2O7/c1-15(2)16(3)23(28)25-17(4)22(27)13-18-5-7-19(8-6-18)14-32-24(29)33-21-11-9-20(10-12-21)26(30)31/h5-12,15-17H,13-14H2,1-4H3,(H,25,28)/t16?,17-/m0/s1. The van der Waals surface area contributed by atoms with Gasteiger partial charge < -0.3 is 14.8 Å². The van der Waals surface area contributed by atoms with Gasteiger partial charge in [0.2, 0.25) is 5.91 Å². The van der Waals surface area contributed by atoms with Crippen molar-refractivity contribution in [3.05, 3.63) is 69.8 Å². The highest BCUT2D eigenvalue weighted by Crippen LogP contribution is 2.18. The molecule has 0 saturated heterocycles. The molecule has 1 N–H and O–H groups in total. The summed E-state index contributed by atoms with van der Waals surface area (Å²) in [5, 5.41) is 13.4. The molecule has 0 aliphatic rings. The Morgan fingerprint density at radius 1 is 0.939 bits per heavy atom. The normalized spacial score (nSPS) is 12.5. The second-order valence-electron chi connectivity index (χ2n) is 8.11. The molecule has 2 aromatic carbocycles. The largest absolute Gasteiger partial charge is 0.514 e. The third-order valence-electron chi connectivity index (χ3n) is 5.26. The van der Waals surface area contributed by atoms with Crippen LogP contribution in [0, 0.1) is 22.0 Å². The molecular weight excluding hydrogens is 428 g/mol. The summed E-state index contributed by atoms with van der Waals surface area (Å²) < 4.78 is 10.0. The maximum Gasteiger partial charge on any atom is 0.514 e. The molecule has 1 amide bonds. The van der Waals surface area contributed by atoms with E-state index in [4.69, 9.17) is 9.47 Å². The summed E-state index contributed by atoms with van der Waals surface area (Å²) in [6.07, 6.45) is -0.774. The number of non-ortho nitro benzene ring substituents is 1. The molecule has 9 heteroatoms. The lowest BCUT2D eigenvalue weighted by molar-refractivity contribution is -0.384. The zero-order valence-electron chi connectivity index (χ0n) is 19.1. The molecule has 0 aliphatic heterocycles. The maximum atomic E-state index is 12.4. The van der Waals surface area contributed by atoms with E-state index >= 15 is 0 Å². The fourth-order valence-corrected chi connectivity index (χ4v) is 2.74. The van der Waals surface area contributed by atoms with Crippen molar-refractivity contribution in [1.29, 1.82) is 0 Å². The highest BCUT2D eigenvalue weighted by molar-refractivity contribution is 5.90. The second-order valence-corrected chi connectivity index (χ2v) is 8.11. The molecule has 9 nitrogen and oxygen atoms in total. The molecule has 1 unspecified atom stereocenters. The Labute approximate surface area is 192 Å². The summed E-state index contributed by atoms with van der Waals surface area (Å²) in [7, 11) is 0. The van der Waals surface area contributed by atoms with Gasteiger partial charge in [0.15, 0.2) is 5.78 Å². The van der Waals surface area contributed by atoms with Gasteiger partial charge in [0.25, 0.3) is 5.69 Å². The van der Waals surface area contributed by atoms with E-state index in [1.54, 1.807) is 31.2 Å². The van der Waals surface area contributed by atoms with Crippen molar-refractivity contribution in [3.8, 4) is 5.75 Å². The zero-order chi connectivity index (χ0) is 24.5. The first-order chi connectivity index (χ1) is 15.6. The van der Waals surface area contributed by atoms with Crippen molar-refractivity contribution in [1.82, 2.24) is 5.32 Å². The van der Waals surface area contributed by atoms with E-state index < -0.39 is 17.1 Å². The molecule has 0 aliphatic carbocycles. The van der Waals surface area contributed by atoms with Gasteiger partial charge in [-0.25, -0.2) is 4.79 Å². The number of Topliss-reactive ketones (excluding diaryl/α,β-unsaturated/α-hetero) is 1. The van der Waals surface area contributed by atoms with Gasteiger partial charge in [-0.1, -0.05) is 45.0 Å². The van der Waals surface area contributed by atoms with Crippen LogP contribution < -0.4 is 10.1 Å². The number of nitrogens with zero attached hydrogens (tertiary/aromatic N) is 1. The topological polar surface area (TPSA) is 125 Å². The van der Waals surface area contributed by atoms with Crippen molar-refractivity contribution in [2.45, 2.75) is 46.8 Å². The Morgan fingerprint density at radius 2 is 1.52 bits per heavy atom. The average molecular weight is 456 g/mol. The number of ether oxygens (including phenoxy) is 2. The molecule has 0 radical (unpaired) electrons. The lowest BCUT2D eigenvalue weighted by atomic mass is 9.96. The third kappa shape index (κ3) is 8.03. The fraction of sp³-hybridized carbons (Fsp3) is 0.375. The number of hydrogen-bond acceptors (Lipinski definition) is 7. The molecule has 0 heterocycles. The van der Waals surface area contributed by atoms with Crippen molar-refractivity contribution < 1.29 is 28.8 Å². The van der Waals surface area contributed by atoms with Crippen molar-refractivity contribution >= 4 is 23.5 Å². The van der Waals surface area contributed by atoms with E-state index in [1.807, 2.05) is 20.8 Å². The van der Waals surface area contributed by atoms with Gasteiger partial charge in [0, 0.05) is 24.5 Å². The predicted octanol–water partition coefficient (Wildman–Crippen LogP) is 4.22. The van der Waals surface area contributed by atoms with Gasteiger partial charge >= 0.3 is 6.16 Å². The molecule has 0 spiro atoms. The van der Waals surface area contributed by atoms with Crippen LogP contribution in [0.5, 0.6) is 5.75 Å². The number of ketones is 1. The number of benzene rings is 2. The van der Waals surface area contributed by atoms with Gasteiger partial charge in [-0.15, -0.1) is 0 Å². The van der Waals surface area contributed by atoms with Crippen LogP contribution in [-0.4, -0.2) is 28.8 Å². The van der Waals surface area contributed by atoms with Gasteiger partial charge in [-0.2, -0.15) is 0 Å². The number of nitrogens with one attached hydrogen (secondary N) is 1. The van der Waals surface area contributed by atoms with E-state index in [1.165, 1.54) is 24.3 Å². The summed E-state index contributed by atoms with van der Waals surface area (Å²) in [4.78, 5) is 46.5. The predicted molar refractivity (Wildman–Crippen MR) is 121 cm³/mol. The molecule has 2 atom stereocenters. The minimum absolute atomic E-state index is 0.0421. The Kier molecular flexibility index (Phi) is 9.08. The Morgan fingerprint density at radius 3 is 2.06 bits per heavy atom. The summed E-state index contributed by atoms with van der Waals surface area (Å²) >= 11 is 0. The number of carbonyl (C=O) groups is 3. The van der Waals surface area contributed by atoms with Crippen molar-refractivity contribution in [2.75, 3.05) is 0 Å². The van der Waals surface area contributed by atoms with Crippen LogP contribution in [0.3, 0.4) is 0 Å². The number of amides is 1. The van der Waals surface area contributed by atoms with E-state index in [0.29, 0.717) is 5.56 Å². The molecular formula is C24H28N2O7. The molecule has 0 aromatic heterocycles. The Balaban J connectivity index is 1.81. The monoisotopic (exact) mass is 456 g/mol.